The van der Waals surface area contributed by atoms with E-state index >= 15 is 0 Å². The van der Waals surface area contributed by atoms with Gasteiger partial charge < -0.3 is 5.11 Å². The van der Waals surface area contributed by atoms with E-state index in [4.69, 9.17) is 0 Å². The van der Waals surface area contributed by atoms with Crippen molar-refractivity contribution < 1.29 is 9.90 Å². The predicted octanol–water partition coefficient (Wildman–Crippen LogP) is 3.96. The molecule has 0 aliphatic heterocycles. The van der Waals surface area contributed by atoms with Crippen molar-refractivity contribution in [3.05, 3.63) is 0 Å². The Kier molecular flexibility index (Phi) is 4.70. The number of aliphatic hydroxyl groups is 1. The Morgan fingerprint density at radius 1 is 1.32 bits per heavy atom. The van der Waals surface area contributed by atoms with Crippen LogP contribution in [0, 0.1) is 23.2 Å². The van der Waals surface area contributed by atoms with E-state index in [0.717, 1.165) is 38.0 Å². The highest BCUT2D eigenvalue weighted by molar-refractivity contribution is 5.83. The minimum Gasteiger partial charge on any atom is -0.393 e. The van der Waals surface area contributed by atoms with Gasteiger partial charge in [0.1, 0.15) is 5.78 Å². The molecule has 2 saturated carbocycles. The summed E-state index contributed by atoms with van der Waals surface area (Å²) in [7, 11) is 0. The van der Waals surface area contributed by atoms with Gasteiger partial charge in [-0.2, -0.15) is 0 Å². The van der Waals surface area contributed by atoms with E-state index in [1.807, 2.05) is 6.92 Å². The summed E-state index contributed by atoms with van der Waals surface area (Å²) in [6.45, 7) is 6.61. The number of hydrogen-bond acceptors (Lipinski definition) is 2. The molecule has 0 aromatic heterocycles. The van der Waals surface area contributed by atoms with E-state index in [2.05, 4.69) is 13.8 Å². The van der Waals surface area contributed by atoms with Crippen molar-refractivity contribution in [2.24, 2.45) is 23.2 Å². The molecule has 0 radical (unpaired) electrons. The monoisotopic (exact) mass is 266 g/mol. The van der Waals surface area contributed by atoms with E-state index < -0.39 is 0 Å². The van der Waals surface area contributed by atoms with Gasteiger partial charge in [-0.1, -0.05) is 26.7 Å². The average molecular weight is 266 g/mol. The van der Waals surface area contributed by atoms with E-state index in [-0.39, 0.29) is 11.5 Å². The van der Waals surface area contributed by atoms with Gasteiger partial charge in [-0.15, -0.1) is 0 Å². The number of hydrogen-bond donors (Lipinski definition) is 1. The van der Waals surface area contributed by atoms with Crippen LogP contribution in [-0.2, 0) is 4.79 Å². The fourth-order valence-electron chi connectivity index (χ4n) is 4.84. The second-order valence-corrected chi connectivity index (χ2v) is 7.32. The SMILES string of the molecule is C[C@H](CCC[C@@H](C)O)[C@H]1CC[C@H]2C(=O)CCC[C@]12C. The van der Waals surface area contributed by atoms with Crippen molar-refractivity contribution >= 4 is 5.78 Å². The zero-order valence-corrected chi connectivity index (χ0v) is 12.8. The molecule has 0 unspecified atom stereocenters. The maximum Gasteiger partial charge on any atom is 0.136 e. The number of fused-ring (bicyclic) bond motifs is 1. The lowest BCUT2D eigenvalue weighted by molar-refractivity contribution is -0.130. The number of ketones is 1. The summed E-state index contributed by atoms with van der Waals surface area (Å²) in [5, 5.41) is 9.36. The molecule has 2 aliphatic carbocycles. The molecule has 0 bridgehead atoms. The molecule has 1 N–H and O–H groups in total. The van der Waals surface area contributed by atoms with Crippen LogP contribution in [0.25, 0.3) is 0 Å². The van der Waals surface area contributed by atoms with E-state index in [9.17, 15) is 9.90 Å². The number of aliphatic hydroxyl groups excluding tert-OH is 1. The maximum atomic E-state index is 12.1. The summed E-state index contributed by atoms with van der Waals surface area (Å²) >= 11 is 0. The van der Waals surface area contributed by atoms with Crippen LogP contribution in [-0.4, -0.2) is 17.0 Å². The lowest BCUT2D eigenvalue weighted by Gasteiger charge is -2.42. The van der Waals surface area contributed by atoms with Crippen LogP contribution in [0.1, 0.15) is 72.1 Å². The van der Waals surface area contributed by atoms with Gasteiger partial charge in [0.05, 0.1) is 6.10 Å². The Morgan fingerprint density at radius 2 is 2.05 bits per heavy atom. The normalized spacial score (nSPS) is 38.0. The van der Waals surface area contributed by atoms with Crippen LogP contribution in [0.4, 0.5) is 0 Å². The largest absolute Gasteiger partial charge is 0.393 e. The summed E-state index contributed by atoms with van der Waals surface area (Å²) in [6, 6.07) is 0. The smallest absolute Gasteiger partial charge is 0.136 e. The number of carbonyl (C=O) groups excluding carboxylic acids is 1. The quantitative estimate of drug-likeness (QED) is 0.818. The molecule has 2 aliphatic rings. The zero-order chi connectivity index (χ0) is 14.0. The number of rotatable bonds is 5. The third kappa shape index (κ3) is 3.04. The Morgan fingerprint density at radius 3 is 2.74 bits per heavy atom. The number of Topliss-reactive ketones (excluding diaryl/α,β-unsaturated/α-hetero) is 1. The molecule has 19 heavy (non-hydrogen) atoms. The van der Waals surface area contributed by atoms with Gasteiger partial charge in [0.2, 0.25) is 0 Å². The molecule has 5 atom stereocenters. The van der Waals surface area contributed by atoms with Gasteiger partial charge in [-0.3, -0.25) is 4.79 Å². The van der Waals surface area contributed by atoms with Gasteiger partial charge in [-0.25, -0.2) is 0 Å². The highest BCUT2D eigenvalue weighted by atomic mass is 16.3. The van der Waals surface area contributed by atoms with Crippen LogP contribution < -0.4 is 0 Å². The second-order valence-electron chi connectivity index (χ2n) is 7.32. The topological polar surface area (TPSA) is 37.3 Å². The predicted molar refractivity (Wildman–Crippen MR) is 77.9 cm³/mol. The molecule has 0 amide bonds. The van der Waals surface area contributed by atoms with Gasteiger partial charge in [0.25, 0.3) is 0 Å². The Bertz CT molecular complexity index is 323. The van der Waals surface area contributed by atoms with Gasteiger partial charge in [-0.05, 0) is 56.3 Å². The van der Waals surface area contributed by atoms with E-state index in [1.54, 1.807) is 0 Å². The first-order valence-corrected chi connectivity index (χ1v) is 8.16. The summed E-state index contributed by atoms with van der Waals surface area (Å²) in [4.78, 5) is 12.1. The fraction of sp³-hybridized carbons (Fsp3) is 0.941. The average Bonchev–Trinajstić information content (AvgIpc) is 2.67. The first-order valence-electron chi connectivity index (χ1n) is 8.16. The molecular formula is C17H30O2. The summed E-state index contributed by atoms with van der Waals surface area (Å²) < 4.78 is 0. The first-order chi connectivity index (χ1) is 8.95. The summed E-state index contributed by atoms with van der Waals surface area (Å²) in [5.41, 5.74) is 0.277. The van der Waals surface area contributed by atoms with Crippen molar-refractivity contribution in [1.82, 2.24) is 0 Å². The van der Waals surface area contributed by atoms with E-state index in [0.29, 0.717) is 17.6 Å². The molecule has 2 rings (SSSR count). The van der Waals surface area contributed by atoms with Gasteiger partial charge in [0.15, 0.2) is 0 Å². The van der Waals surface area contributed by atoms with Crippen LogP contribution in [0.5, 0.6) is 0 Å². The standard InChI is InChI=1S/C17H30O2/c1-12(6-4-7-13(2)18)14-9-10-15-16(19)8-5-11-17(14,15)3/h12-15,18H,4-11H2,1-3H3/t12-,13-,14-,15+,17-/m1/s1. The minimum atomic E-state index is -0.171. The van der Waals surface area contributed by atoms with Crippen LogP contribution in [0.3, 0.4) is 0 Å². The van der Waals surface area contributed by atoms with Crippen molar-refractivity contribution in [2.45, 2.75) is 78.2 Å². The van der Waals surface area contributed by atoms with Crippen molar-refractivity contribution in [1.29, 1.82) is 0 Å². The molecule has 110 valence electrons. The molecule has 0 aromatic carbocycles. The van der Waals surface area contributed by atoms with Gasteiger partial charge in [0, 0.05) is 12.3 Å². The lowest BCUT2D eigenvalue weighted by atomic mass is 9.62. The third-order valence-corrected chi connectivity index (χ3v) is 5.90. The molecular weight excluding hydrogens is 236 g/mol. The Balaban J connectivity index is 1.95. The molecule has 2 fully saturated rings. The molecule has 0 aromatic rings. The van der Waals surface area contributed by atoms with Crippen LogP contribution in [0.15, 0.2) is 0 Å². The molecule has 0 heterocycles. The lowest BCUT2D eigenvalue weighted by Crippen LogP contribution is -2.39. The zero-order valence-electron chi connectivity index (χ0n) is 12.8. The Hall–Kier alpha value is -0.370. The molecule has 2 nitrogen and oxygen atoms in total. The van der Waals surface area contributed by atoms with Crippen molar-refractivity contribution in [2.75, 3.05) is 0 Å². The second kappa shape index (κ2) is 5.95. The van der Waals surface area contributed by atoms with Gasteiger partial charge >= 0.3 is 0 Å². The number of carbonyl (C=O) groups is 1. The summed E-state index contributed by atoms with van der Waals surface area (Å²) in [5.74, 6) is 2.30. The molecule has 0 saturated heterocycles. The van der Waals surface area contributed by atoms with Crippen molar-refractivity contribution in [3.8, 4) is 0 Å². The molecule has 2 heteroatoms. The highest BCUT2D eigenvalue weighted by Crippen LogP contribution is 2.57. The first kappa shape index (κ1) is 15.0. The van der Waals surface area contributed by atoms with E-state index in [1.165, 1.54) is 19.3 Å². The molecule has 0 spiro atoms. The fourth-order valence-corrected chi connectivity index (χ4v) is 4.84. The van der Waals surface area contributed by atoms with Crippen molar-refractivity contribution in [3.63, 3.8) is 0 Å². The maximum absolute atomic E-state index is 12.1. The highest BCUT2D eigenvalue weighted by Gasteiger charge is 2.52. The summed E-state index contributed by atoms with van der Waals surface area (Å²) in [6.07, 6.45) is 8.59. The minimum absolute atomic E-state index is 0.171. The third-order valence-electron chi connectivity index (χ3n) is 5.90. The van der Waals surface area contributed by atoms with Crippen LogP contribution in [0.2, 0.25) is 0 Å². The Labute approximate surface area is 118 Å². The van der Waals surface area contributed by atoms with Crippen LogP contribution >= 0.6 is 0 Å².